The Morgan fingerprint density at radius 3 is 2.62 bits per heavy atom. The Morgan fingerprint density at radius 2 is 1.84 bits per heavy atom. The van der Waals surface area contributed by atoms with Crippen molar-refractivity contribution in [3.05, 3.63) is 77.6 Å². The van der Waals surface area contributed by atoms with Crippen molar-refractivity contribution in [1.82, 2.24) is 20.3 Å². The van der Waals surface area contributed by atoms with E-state index in [4.69, 9.17) is 14.7 Å². The first-order chi connectivity index (χ1) is 17.9. The molecular weight excluding hydrogens is 482 g/mol. The fourth-order valence-electron chi connectivity index (χ4n) is 4.64. The van der Waals surface area contributed by atoms with Gasteiger partial charge in [-0.1, -0.05) is 12.1 Å². The maximum atomic E-state index is 12.7. The molecule has 2 unspecified atom stereocenters. The molecule has 1 N–H and O–H groups in total. The quantitative estimate of drug-likeness (QED) is 0.352. The lowest BCUT2D eigenvalue weighted by Gasteiger charge is -2.36. The zero-order valence-electron chi connectivity index (χ0n) is 21.6. The van der Waals surface area contributed by atoms with E-state index < -0.39 is 0 Å². The van der Waals surface area contributed by atoms with Gasteiger partial charge in [-0.2, -0.15) is 0 Å². The summed E-state index contributed by atoms with van der Waals surface area (Å²) in [6.07, 6.45) is 4.14. The van der Waals surface area contributed by atoms with E-state index in [1.165, 1.54) is 0 Å². The van der Waals surface area contributed by atoms with Gasteiger partial charge in [0.2, 0.25) is 0 Å². The third kappa shape index (κ3) is 5.76. The van der Waals surface area contributed by atoms with Crippen LogP contribution >= 0.6 is 11.8 Å². The molecule has 7 nitrogen and oxygen atoms in total. The van der Waals surface area contributed by atoms with Gasteiger partial charge in [-0.25, -0.2) is 9.97 Å². The number of pyridine rings is 3. The second-order valence-corrected chi connectivity index (χ2v) is 10.3. The monoisotopic (exact) mass is 513 g/mol. The summed E-state index contributed by atoms with van der Waals surface area (Å²) in [5.41, 5.74) is 5.00. The number of carbonyl (C=O) groups is 1. The second-order valence-electron chi connectivity index (χ2n) is 9.48. The van der Waals surface area contributed by atoms with Crippen LogP contribution in [0, 0.1) is 6.92 Å². The molecule has 0 bridgehead atoms. The molecule has 190 valence electrons. The van der Waals surface area contributed by atoms with Gasteiger partial charge in [-0.15, -0.1) is 11.8 Å². The van der Waals surface area contributed by atoms with Crippen LogP contribution in [-0.4, -0.2) is 52.4 Å². The number of hydrogen-bond acceptors (Lipinski definition) is 7. The zero-order valence-corrected chi connectivity index (χ0v) is 22.4. The van der Waals surface area contributed by atoms with E-state index >= 15 is 0 Å². The molecule has 1 aliphatic rings. The van der Waals surface area contributed by atoms with Crippen molar-refractivity contribution in [1.29, 1.82) is 0 Å². The van der Waals surface area contributed by atoms with E-state index in [1.54, 1.807) is 18.0 Å². The van der Waals surface area contributed by atoms with E-state index in [0.29, 0.717) is 12.1 Å². The molecule has 0 radical (unpaired) electrons. The number of amides is 1. The maximum Gasteiger partial charge on any atom is 0.251 e. The van der Waals surface area contributed by atoms with Crippen molar-refractivity contribution < 1.29 is 9.53 Å². The average molecular weight is 514 g/mol. The summed E-state index contributed by atoms with van der Waals surface area (Å²) in [6.45, 7) is 8.18. The first-order valence-electron chi connectivity index (χ1n) is 12.5. The molecule has 1 aliphatic heterocycles. The largest absolute Gasteiger partial charge is 0.372 e. The molecule has 4 heterocycles. The number of carbonyl (C=O) groups excluding carboxylic acids is 1. The first-order valence-corrected chi connectivity index (χ1v) is 13.7. The molecule has 5 rings (SSSR count). The highest BCUT2D eigenvalue weighted by Crippen LogP contribution is 2.25. The molecule has 4 aromatic rings. The van der Waals surface area contributed by atoms with Crippen LogP contribution < -0.4 is 10.2 Å². The van der Waals surface area contributed by atoms with Crippen molar-refractivity contribution >= 4 is 34.4 Å². The molecule has 2 atom stereocenters. The van der Waals surface area contributed by atoms with Crippen LogP contribution in [0.2, 0.25) is 0 Å². The van der Waals surface area contributed by atoms with Crippen LogP contribution in [0.5, 0.6) is 0 Å². The minimum absolute atomic E-state index is 0.119. The lowest BCUT2D eigenvalue weighted by molar-refractivity contribution is -0.00545. The number of morpholine rings is 1. The zero-order chi connectivity index (χ0) is 25.9. The van der Waals surface area contributed by atoms with E-state index in [9.17, 15) is 4.79 Å². The summed E-state index contributed by atoms with van der Waals surface area (Å²) in [7, 11) is 0. The normalized spacial score (nSPS) is 17.7. The van der Waals surface area contributed by atoms with E-state index in [2.05, 4.69) is 29.0 Å². The van der Waals surface area contributed by atoms with Crippen LogP contribution in [0.25, 0.3) is 22.3 Å². The Labute approximate surface area is 221 Å². The van der Waals surface area contributed by atoms with Crippen LogP contribution in [0.4, 0.5) is 5.82 Å². The van der Waals surface area contributed by atoms with Gasteiger partial charge in [0.15, 0.2) is 0 Å². The Balaban J connectivity index is 1.34. The Kier molecular flexibility index (Phi) is 7.39. The molecule has 1 aromatic carbocycles. The van der Waals surface area contributed by atoms with Gasteiger partial charge in [0.1, 0.15) is 5.82 Å². The Hall–Kier alpha value is -3.49. The predicted octanol–water partition coefficient (Wildman–Crippen LogP) is 5.27. The molecule has 0 spiro atoms. The Bertz CT molecular complexity index is 1430. The van der Waals surface area contributed by atoms with Crippen LogP contribution in [0.1, 0.15) is 35.5 Å². The predicted molar refractivity (Wildman–Crippen MR) is 149 cm³/mol. The van der Waals surface area contributed by atoms with Gasteiger partial charge in [0.05, 0.1) is 41.4 Å². The van der Waals surface area contributed by atoms with Gasteiger partial charge in [-0.3, -0.25) is 9.78 Å². The SMILES string of the molecule is CSc1cc(C(=O)NCc2cc3nc(-c4cccc(N5CC(C)OC(C)C5)n4)ccc3cn2)ccc1C. The molecular formula is C29H31N5O2S. The average Bonchev–Trinajstić information content (AvgIpc) is 2.91. The van der Waals surface area contributed by atoms with E-state index in [1.807, 2.05) is 67.8 Å². The number of fused-ring (bicyclic) bond motifs is 1. The molecule has 0 saturated carbocycles. The number of aryl methyl sites for hydroxylation is 1. The summed E-state index contributed by atoms with van der Waals surface area (Å²) in [5.74, 6) is 0.812. The molecule has 37 heavy (non-hydrogen) atoms. The minimum atomic E-state index is -0.119. The summed E-state index contributed by atoms with van der Waals surface area (Å²) in [6, 6.07) is 17.7. The van der Waals surface area contributed by atoms with Crippen molar-refractivity contribution in [2.24, 2.45) is 0 Å². The third-order valence-electron chi connectivity index (χ3n) is 6.47. The maximum absolute atomic E-state index is 12.7. The Morgan fingerprint density at radius 1 is 1.05 bits per heavy atom. The van der Waals surface area contributed by atoms with Crippen molar-refractivity contribution in [2.45, 2.75) is 44.4 Å². The van der Waals surface area contributed by atoms with E-state index in [-0.39, 0.29) is 18.1 Å². The fraction of sp³-hybridized carbons (Fsp3) is 0.310. The number of thioether (sulfide) groups is 1. The van der Waals surface area contributed by atoms with Gasteiger partial charge >= 0.3 is 0 Å². The number of nitrogens with zero attached hydrogens (tertiary/aromatic N) is 4. The smallest absolute Gasteiger partial charge is 0.251 e. The molecule has 0 aliphatic carbocycles. The molecule has 3 aromatic heterocycles. The molecule has 1 amide bonds. The lowest BCUT2D eigenvalue weighted by Crippen LogP contribution is -2.45. The summed E-state index contributed by atoms with van der Waals surface area (Å²) in [4.78, 5) is 30.4. The van der Waals surface area contributed by atoms with E-state index in [0.717, 1.165) is 57.4 Å². The summed E-state index contributed by atoms with van der Waals surface area (Å²) < 4.78 is 5.87. The highest BCUT2D eigenvalue weighted by molar-refractivity contribution is 7.98. The number of rotatable bonds is 6. The topological polar surface area (TPSA) is 80.2 Å². The fourth-order valence-corrected chi connectivity index (χ4v) is 5.27. The number of anilines is 1. The molecule has 1 saturated heterocycles. The minimum Gasteiger partial charge on any atom is -0.372 e. The van der Waals surface area contributed by atoms with Gasteiger partial charge in [0, 0.05) is 35.1 Å². The number of nitrogens with one attached hydrogen (secondary N) is 1. The lowest BCUT2D eigenvalue weighted by atomic mass is 10.1. The first kappa shape index (κ1) is 25.2. The van der Waals surface area contributed by atoms with Crippen molar-refractivity contribution in [2.75, 3.05) is 24.2 Å². The highest BCUT2D eigenvalue weighted by atomic mass is 32.2. The van der Waals surface area contributed by atoms with Crippen LogP contribution in [0.3, 0.4) is 0 Å². The van der Waals surface area contributed by atoms with Crippen LogP contribution in [0.15, 0.2) is 65.7 Å². The van der Waals surface area contributed by atoms with Crippen molar-refractivity contribution in [3.8, 4) is 11.4 Å². The number of hydrogen-bond donors (Lipinski definition) is 1. The molecule has 8 heteroatoms. The summed E-state index contributed by atoms with van der Waals surface area (Å²) >= 11 is 1.64. The third-order valence-corrected chi connectivity index (χ3v) is 7.35. The van der Waals surface area contributed by atoms with Crippen molar-refractivity contribution in [3.63, 3.8) is 0 Å². The second kappa shape index (κ2) is 10.9. The number of ether oxygens (including phenoxy) is 1. The standard InChI is InChI=1S/C29H31N5O2S/c1-18-8-9-21(12-27(18)37-4)29(35)31-15-23-13-26-22(14-30-23)10-11-25(32-26)24-6-5-7-28(33-24)34-16-19(2)36-20(3)17-34/h5-14,19-20H,15-17H2,1-4H3,(H,31,35). The number of benzene rings is 1. The van der Waals surface area contributed by atoms with Gasteiger partial charge < -0.3 is 15.0 Å². The van der Waals surface area contributed by atoms with Gasteiger partial charge in [-0.05, 0) is 75.1 Å². The molecule has 1 fully saturated rings. The van der Waals surface area contributed by atoms with Crippen LogP contribution in [-0.2, 0) is 11.3 Å². The van der Waals surface area contributed by atoms with Gasteiger partial charge in [0.25, 0.3) is 5.91 Å². The number of aromatic nitrogens is 3. The summed E-state index contributed by atoms with van der Waals surface area (Å²) in [5, 5.41) is 3.92. The highest BCUT2D eigenvalue weighted by Gasteiger charge is 2.23.